The molecule has 3 N–H and O–H groups in total. The number of carbonyl (C=O) groups is 1. The molecule has 4 nitrogen and oxygen atoms in total. The fourth-order valence-corrected chi connectivity index (χ4v) is 2.52. The fraction of sp³-hybridized carbons (Fsp3) is 0.188. The number of nitrogens with one attached hydrogen (secondary N) is 1. The van der Waals surface area contributed by atoms with Crippen LogP contribution in [0.1, 0.15) is 17.0 Å². The van der Waals surface area contributed by atoms with Gasteiger partial charge in [0, 0.05) is 11.8 Å². The molecular weight excluding hydrogens is 252 g/mol. The van der Waals surface area contributed by atoms with Gasteiger partial charge < -0.3 is 15.8 Å². The highest BCUT2D eigenvalue weighted by molar-refractivity contribution is 5.99. The first-order valence-corrected chi connectivity index (χ1v) is 6.51. The van der Waals surface area contributed by atoms with Crippen molar-refractivity contribution >= 4 is 17.3 Å². The average molecular weight is 268 g/mol. The predicted molar refractivity (Wildman–Crippen MR) is 78.9 cm³/mol. The van der Waals surface area contributed by atoms with E-state index in [9.17, 15) is 4.79 Å². The van der Waals surface area contributed by atoms with Crippen molar-refractivity contribution < 1.29 is 9.53 Å². The Balaban J connectivity index is 1.78. The number of benzene rings is 2. The third-order valence-corrected chi connectivity index (χ3v) is 3.65. The van der Waals surface area contributed by atoms with E-state index in [2.05, 4.69) is 11.4 Å². The molecule has 1 amide bonds. The van der Waals surface area contributed by atoms with Gasteiger partial charge in [-0.2, -0.15) is 0 Å². The molecule has 0 radical (unpaired) electrons. The van der Waals surface area contributed by atoms with Gasteiger partial charge in [0.2, 0.25) is 5.91 Å². The number of nitrogen functional groups attached to an aromatic ring is 1. The number of anilines is 2. The smallest absolute Gasteiger partial charge is 0.232 e. The summed E-state index contributed by atoms with van der Waals surface area (Å²) in [5.41, 5.74) is 9.31. The predicted octanol–water partition coefficient (Wildman–Crippen LogP) is 2.56. The van der Waals surface area contributed by atoms with Crippen molar-refractivity contribution in [3.63, 3.8) is 0 Å². The number of hydrogen-bond donors (Lipinski definition) is 2. The molecule has 0 spiro atoms. The Labute approximate surface area is 117 Å². The van der Waals surface area contributed by atoms with E-state index in [0.717, 1.165) is 12.0 Å². The minimum atomic E-state index is -0.0755. The molecule has 1 aliphatic carbocycles. The summed E-state index contributed by atoms with van der Waals surface area (Å²) in [5.74, 6) is 0.492. The summed E-state index contributed by atoms with van der Waals surface area (Å²) in [6.07, 6.45) is 0.791. The van der Waals surface area contributed by atoms with E-state index in [1.165, 1.54) is 5.56 Å². The van der Waals surface area contributed by atoms with Crippen LogP contribution in [-0.4, -0.2) is 13.0 Å². The van der Waals surface area contributed by atoms with Crippen LogP contribution >= 0.6 is 0 Å². The Morgan fingerprint density at radius 2 is 2.10 bits per heavy atom. The summed E-state index contributed by atoms with van der Waals surface area (Å²) in [7, 11) is 1.56. The SMILES string of the molecule is COc1cc(N)ccc1NC(=O)C1Cc2ccccc21. The maximum Gasteiger partial charge on any atom is 0.232 e. The molecule has 1 aliphatic rings. The van der Waals surface area contributed by atoms with E-state index >= 15 is 0 Å². The zero-order valence-corrected chi connectivity index (χ0v) is 11.2. The largest absolute Gasteiger partial charge is 0.494 e. The number of ether oxygens (including phenoxy) is 1. The number of rotatable bonds is 3. The van der Waals surface area contributed by atoms with Gasteiger partial charge in [-0.3, -0.25) is 4.79 Å². The molecule has 1 unspecified atom stereocenters. The first kappa shape index (κ1) is 12.5. The third-order valence-electron chi connectivity index (χ3n) is 3.65. The molecule has 2 aromatic carbocycles. The Morgan fingerprint density at radius 3 is 2.85 bits per heavy atom. The highest BCUT2D eigenvalue weighted by Gasteiger charge is 2.31. The van der Waals surface area contributed by atoms with Crippen molar-refractivity contribution in [2.45, 2.75) is 12.3 Å². The first-order valence-electron chi connectivity index (χ1n) is 6.51. The van der Waals surface area contributed by atoms with E-state index in [-0.39, 0.29) is 11.8 Å². The lowest BCUT2D eigenvalue weighted by atomic mass is 9.77. The molecule has 102 valence electrons. The Bertz CT molecular complexity index is 667. The zero-order chi connectivity index (χ0) is 14.1. The lowest BCUT2D eigenvalue weighted by Crippen LogP contribution is -2.30. The fourth-order valence-electron chi connectivity index (χ4n) is 2.52. The second kappa shape index (κ2) is 4.89. The summed E-state index contributed by atoms with van der Waals surface area (Å²) in [6.45, 7) is 0. The van der Waals surface area contributed by atoms with Crippen LogP contribution in [0.25, 0.3) is 0 Å². The van der Waals surface area contributed by atoms with E-state index in [1.807, 2.05) is 18.2 Å². The molecule has 0 saturated carbocycles. The minimum Gasteiger partial charge on any atom is -0.494 e. The third kappa shape index (κ3) is 2.09. The highest BCUT2D eigenvalue weighted by atomic mass is 16.5. The van der Waals surface area contributed by atoms with E-state index < -0.39 is 0 Å². The van der Waals surface area contributed by atoms with Gasteiger partial charge in [-0.25, -0.2) is 0 Å². The highest BCUT2D eigenvalue weighted by Crippen LogP contribution is 2.36. The molecule has 0 aliphatic heterocycles. The van der Waals surface area contributed by atoms with Crippen LogP contribution in [0.15, 0.2) is 42.5 Å². The number of amides is 1. The summed E-state index contributed by atoms with van der Waals surface area (Å²) >= 11 is 0. The van der Waals surface area contributed by atoms with Gasteiger partial charge in [0.15, 0.2) is 0 Å². The monoisotopic (exact) mass is 268 g/mol. The van der Waals surface area contributed by atoms with E-state index in [1.54, 1.807) is 25.3 Å². The second-order valence-electron chi connectivity index (χ2n) is 4.90. The van der Waals surface area contributed by atoms with Crippen LogP contribution in [0.3, 0.4) is 0 Å². The van der Waals surface area contributed by atoms with Crippen molar-refractivity contribution in [3.8, 4) is 5.75 Å². The number of nitrogens with two attached hydrogens (primary N) is 1. The van der Waals surface area contributed by atoms with Crippen LogP contribution in [-0.2, 0) is 11.2 Å². The van der Waals surface area contributed by atoms with Crippen molar-refractivity contribution in [2.75, 3.05) is 18.2 Å². The Kier molecular flexibility index (Phi) is 3.06. The van der Waals surface area contributed by atoms with Crippen LogP contribution in [0, 0.1) is 0 Å². The zero-order valence-electron chi connectivity index (χ0n) is 11.2. The second-order valence-corrected chi connectivity index (χ2v) is 4.90. The summed E-state index contributed by atoms with van der Waals surface area (Å²) < 4.78 is 5.23. The van der Waals surface area contributed by atoms with Gasteiger partial charge in [-0.1, -0.05) is 24.3 Å². The lowest BCUT2D eigenvalue weighted by Gasteiger charge is -2.29. The van der Waals surface area contributed by atoms with Gasteiger partial charge >= 0.3 is 0 Å². The average Bonchev–Trinajstić information content (AvgIpc) is 2.42. The first-order chi connectivity index (χ1) is 9.69. The van der Waals surface area contributed by atoms with Crippen LogP contribution in [0.4, 0.5) is 11.4 Å². The van der Waals surface area contributed by atoms with Crippen molar-refractivity contribution in [1.82, 2.24) is 0 Å². The molecular formula is C16H16N2O2. The maximum atomic E-state index is 12.3. The molecule has 2 aromatic rings. The van der Waals surface area contributed by atoms with Gasteiger partial charge in [0.05, 0.1) is 18.7 Å². The number of hydrogen-bond acceptors (Lipinski definition) is 3. The minimum absolute atomic E-state index is 0.00762. The van der Waals surface area contributed by atoms with Crippen molar-refractivity contribution in [1.29, 1.82) is 0 Å². The van der Waals surface area contributed by atoms with Crippen LogP contribution in [0.2, 0.25) is 0 Å². The summed E-state index contributed by atoms with van der Waals surface area (Å²) in [6, 6.07) is 13.2. The summed E-state index contributed by atoms with van der Waals surface area (Å²) in [4.78, 5) is 12.3. The molecule has 4 heteroatoms. The lowest BCUT2D eigenvalue weighted by molar-refractivity contribution is -0.118. The number of methoxy groups -OCH3 is 1. The molecule has 0 bridgehead atoms. The van der Waals surface area contributed by atoms with E-state index in [0.29, 0.717) is 17.1 Å². The van der Waals surface area contributed by atoms with Gasteiger partial charge in [0.1, 0.15) is 5.75 Å². The number of carbonyl (C=O) groups excluding carboxylic acids is 1. The Morgan fingerprint density at radius 1 is 1.30 bits per heavy atom. The van der Waals surface area contributed by atoms with Gasteiger partial charge in [-0.05, 0) is 29.7 Å². The van der Waals surface area contributed by atoms with Crippen molar-refractivity contribution in [3.05, 3.63) is 53.6 Å². The standard InChI is InChI=1S/C16H16N2O2/c1-20-15-9-11(17)6-7-14(15)18-16(19)13-8-10-4-2-3-5-12(10)13/h2-7,9,13H,8,17H2,1H3,(H,18,19). The molecule has 0 aromatic heterocycles. The Hall–Kier alpha value is -2.49. The summed E-state index contributed by atoms with van der Waals surface area (Å²) in [5, 5.41) is 2.91. The molecule has 0 fully saturated rings. The molecule has 20 heavy (non-hydrogen) atoms. The number of fused-ring (bicyclic) bond motifs is 1. The van der Waals surface area contributed by atoms with Crippen LogP contribution < -0.4 is 15.8 Å². The molecule has 1 atom stereocenters. The topological polar surface area (TPSA) is 64.3 Å². The molecule has 0 saturated heterocycles. The molecule has 0 heterocycles. The quantitative estimate of drug-likeness (QED) is 0.841. The van der Waals surface area contributed by atoms with Crippen LogP contribution in [0.5, 0.6) is 5.75 Å². The molecule has 3 rings (SSSR count). The van der Waals surface area contributed by atoms with Crippen molar-refractivity contribution in [2.24, 2.45) is 0 Å². The van der Waals surface area contributed by atoms with E-state index in [4.69, 9.17) is 10.5 Å². The normalized spacial score (nSPS) is 15.9. The maximum absolute atomic E-state index is 12.3. The van der Waals surface area contributed by atoms with Gasteiger partial charge in [0.25, 0.3) is 0 Å². The van der Waals surface area contributed by atoms with Gasteiger partial charge in [-0.15, -0.1) is 0 Å².